The smallest absolute Gasteiger partial charge is 0.266 e. The van der Waals surface area contributed by atoms with Crippen molar-refractivity contribution in [2.75, 3.05) is 23.3 Å². The zero-order chi connectivity index (χ0) is 18.8. The molecule has 0 spiro atoms. The van der Waals surface area contributed by atoms with Gasteiger partial charge in [-0.25, -0.2) is 4.90 Å². The fourth-order valence-corrected chi connectivity index (χ4v) is 3.67. The average Bonchev–Trinajstić information content (AvgIpc) is 3.28. The summed E-state index contributed by atoms with van der Waals surface area (Å²) < 4.78 is 0. The summed E-state index contributed by atoms with van der Waals surface area (Å²) in [4.78, 5) is 38.6. The Morgan fingerprint density at radius 1 is 1.07 bits per heavy atom. The highest BCUT2D eigenvalue weighted by molar-refractivity contribution is 6.34. The first-order valence-electron chi connectivity index (χ1n) is 9.22. The summed E-state index contributed by atoms with van der Waals surface area (Å²) >= 11 is 0. The van der Waals surface area contributed by atoms with E-state index in [2.05, 4.69) is 10.6 Å². The Balaban J connectivity index is 0.00000225. The molecule has 6 nitrogen and oxygen atoms in total. The normalized spacial score (nSPS) is 18.0. The van der Waals surface area contributed by atoms with Crippen LogP contribution in [-0.2, 0) is 4.79 Å². The van der Waals surface area contributed by atoms with Crippen molar-refractivity contribution in [3.63, 3.8) is 0 Å². The highest BCUT2D eigenvalue weighted by Crippen LogP contribution is 2.29. The molecular weight excluding hydrogens is 378 g/mol. The number of halogens is 1. The standard InChI is InChI=1S/C21H21N3O3.ClH/c25-19(9-8-14-10-11-22-13-14)23-15-4-3-5-16(12-15)24-20(26)17-6-1-2-7-18(17)21(24)27;/h1-7,12,14,22H,8-11,13H2,(H,23,25);1H. The fraction of sp³-hybridized carbons (Fsp3) is 0.286. The molecule has 0 aliphatic carbocycles. The van der Waals surface area contributed by atoms with Crippen molar-refractivity contribution < 1.29 is 14.4 Å². The van der Waals surface area contributed by atoms with E-state index in [9.17, 15) is 14.4 Å². The zero-order valence-corrected chi connectivity index (χ0v) is 16.1. The third-order valence-electron chi connectivity index (χ3n) is 5.12. The lowest BCUT2D eigenvalue weighted by atomic mass is 10.0. The maximum Gasteiger partial charge on any atom is 0.266 e. The van der Waals surface area contributed by atoms with Crippen LogP contribution in [0.4, 0.5) is 11.4 Å². The molecule has 0 radical (unpaired) electrons. The first kappa shape index (κ1) is 20.0. The summed E-state index contributed by atoms with van der Waals surface area (Å²) in [6, 6.07) is 13.6. The molecular formula is C21H22ClN3O3. The van der Waals surface area contributed by atoms with E-state index in [1.54, 1.807) is 48.5 Å². The van der Waals surface area contributed by atoms with Crippen LogP contribution in [0.25, 0.3) is 0 Å². The summed E-state index contributed by atoms with van der Waals surface area (Å²) in [5.74, 6) is -0.178. The van der Waals surface area contributed by atoms with Crippen molar-refractivity contribution in [3.05, 3.63) is 59.7 Å². The quantitative estimate of drug-likeness (QED) is 0.756. The van der Waals surface area contributed by atoms with Crippen LogP contribution in [0.2, 0.25) is 0 Å². The number of amides is 3. The second-order valence-electron chi connectivity index (χ2n) is 6.99. The number of benzene rings is 2. The van der Waals surface area contributed by atoms with Gasteiger partial charge in [0.05, 0.1) is 16.8 Å². The molecule has 1 atom stereocenters. The first-order valence-corrected chi connectivity index (χ1v) is 9.22. The van der Waals surface area contributed by atoms with Gasteiger partial charge < -0.3 is 10.6 Å². The largest absolute Gasteiger partial charge is 0.326 e. The van der Waals surface area contributed by atoms with Gasteiger partial charge >= 0.3 is 0 Å². The molecule has 2 aliphatic rings. The van der Waals surface area contributed by atoms with E-state index in [-0.39, 0.29) is 30.1 Å². The van der Waals surface area contributed by atoms with Crippen LogP contribution in [0.5, 0.6) is 0 Å². The Hall–Kier alpha value is -2.70. The lowest BCUT2D eigenvalue weighted by Gasteiger charge is -2.15. The van der Waals surface area contributed by atoms with Gasteiger partial charge in [0.2, 0.25) is 5.91 Å². The van der Waals surface area contributed by atoms with Gasteiger partial charge in [-0.15, -0.1) is 12.4 Å². The Morgan fingerprint density at radius 2 is 1.79 bits per heavy atom. The molecule has 2 aromatic rings. The van der Waals surface area contributed by atoms with Gasteiger partial charge in [-0.05, 0) is 62.2 Å². The zero-order valence-electron chi connectivity index (χ0n) is 15.3. The molecule has 2 N–H and O–H groups in total. The van der Waals surface area contributed by atoms with Gasteiger partial charge in [0, 0.05) is 12.1 Å². The van der Waals surface area contributed by atoms with E-state index in [1.807, 2.05) is 0 Å². The number of anilines is 2. The molecule has 146 valence electrons. The Morgan fingerprint density at radius 3 is 2.43 bits per heavy atom. The maximum atomic E-state index is 12.6. The van der Waals surface area contributed by atoms with Crippen LogP contribution >= 0.6 is 12.4 Å². The molecule has 0 bridgehead atoms. The summed E-state index contributed by atoms with van der Waals surface area (Å²) in [5, 5.41) is 6.17. The minimum absolute atomic E-state index is 0. The third-order valence-corrected chi connectivity index (χ3v) is 5.12. The number of fused-ring (bicyclic) bond motifs is 1. The number of nitrogens with one attached hydrogen (secondary N) is 2. The summed E-state index contributed by atoms with van der Waals surface area (Å²) in [7, 11) is 0. The Labute approximate surface area is 169 Å². The van der Waals surface area contributed by atoms with Crippen LogP contribution in [0, 0.1) is 5.92 Å². The van der Waals surface area contributed by atoms with Crippen molar-refractivity contribution in [1.29, 1.82) is 0 Å². The Kier molecular flexibility index (Phi) is 6.11. The molecule has 1 fully saturated rings. The highest BCUT2D eigenvalue weighted by atomic mass is 35.5. The van der Waals surface area contributed by atoms with Gasteiger partial charge in [-0.2, -0.15) is 0 Å². The highest BCUT2D eigenvalue weighted by Gasteiger charge is 2.36. The minimum atomic E-state index is -0.340. The van der Waals surface area contributed by atoms with E-state index in [4.69, 9.17) is 0 Å². The molecule has 3 amide bonds. The van der Waals surface area contributed by atoms with Gasteiger partial charge in [0.1, 0.15) is 0 Å². The van der Waals surface area contributed by atoms with Crippen molar-refractivity contribution in [2.24, 2.45) is 5.92 Å². The van der Waals surface area contributed by atoms with Crippen molar-refractivity contribution in [1.82, 2.24) is 5.32 Å². The Bertz CT molecular complexity index is 874. The molecule has 1 saturated heterocycles. The fourth-order valence-electron chi connectivity index (χ4n) is 3.67. The monoisotopic (exact) mass is 399 g/mol. The lowest BCUT2D eigenvalue weighted by Crippen LogP contribution is -2.29. The molecule has 2 aliphatic heterocycles. The summed E-state index contributed by atoms with van der Waals surface area (Å²) in [6.07, 6.45) is 2.43. The molecule has 1 unspecified atom stereocenters. The minimum Gasteiger partial charge on any atom is -0.326 e. The third kappa shape index (κ3) is 3.93. The molecule has 4 rings (SSSR count). The van der Waals surface area contributed by atoms with Crippen LogP contribution in [-0.4, -0.2) is 30.8 Å². The van der Waals surface area contributed by atoms with Crippen LogP contribution in [0.15, 0.2) is 48.5 Å². The van der Waals surface area contributed by atoms with E-state index in [0.717, 1.165) is 30.8 Å². The van der Waals surface area contributed by atoms with Gasteiger partial charge in [-0.3, -0.25) is 14.4 Å². The van der Waals surface area contributed by atoms with E-state index in [0.29, 0.717) is 34.8 Å². The predicted molar refractivity (Wildman–Crippen MR) is 110 cm³/mol. The van der Waals surface area contributed by atoms with Crippen LogP contribution < -0.4 is 15.5 Å². The topological polar surface area (TPSA) is 78.5 Å². The number of carbonyl (C=O) groups is 3. The number of hydrogen-bond acceptors (Lipinski definition) is 4. The van der Waals surface area contributed by atoms with E-state index in [1.165, 1.54) is 0 Å². The molecule has 0 aromatic heterocycles. The number of rotatable bonds is 5. The molecule has 2 heterocycles. The van der Waals surface area contributed by atoms with Gasteiger partial charge in [0.15, 0.2) is 0 Å². The SMILES string of the molecule is Cl.O=C(CCC1CCNC1)Nc1cccc(N2C(=O)c3ccccc3C2=O)c1. The average molecular weight is 400 g/mol. The van der Waals surface area contributed by atoms with Crippen LogP contribution in [0.1, 0.15) is 40.0 Å². The second kappa shape index (κ2) is 8.54. The molecule has 7 heteroatoms. The maximum absolute atomic E-state index is 12.6. The summed E-state index contributed by atoms with van der Waals surface area (Å²) in [6.45, 7) is 2.00. The predicted octanol–water partition coefficient (Wildman–Crippen LogP) is 3.24. The molecule has 0 saturated carbocycles. The summed E-state index contributed by atoms with van der Waals surface area (Å²) in [5.41, 5.74) is 1.85. The van der Waals surface area contributed by atoms with Gasteiger partial charge in [-0.1, -0.05) is 18.2 Å². The molecule has 2 aromatic carbocycles. The van der Waals surface area contributed by atoms with Crippen molar-refractivity contribution >= 4 is 41.5 Å². The number of imide groups is 1. The lowest BCUT2D eigenvalue weighted by molar-refractivity contribution is -0.116. The number of nitrogens with zero attached hydrogens (tertiary/aromatic N) is 1. The molecule has 28 heavy (non-hydrogen) atoms. The van der Waals surface area contributed by atoms with E-state index >= 15 is 0 Å². The number of hydrogen-bond donors (Lipinski definition) is 2. The van der Waals surface area contributed by atoms with Crippen LogP contribution in [0.3, 0.4) is 0 Å². The second-order valence-corrected chi connectivity index (χ2v) is 6.99. The van der Waals surface area contributed by atoms with E-state index < -0.39 is 0 Å². The van der Waals surface area contributed by atoms with Gasteiger partial charge in [0.25, 0.3) is 11.8 Å². The first-order chi connectivity index (χ1) is 13.1. The number of carbonyl (C=O) groups excluding carboxylic acids is 3. The van der Waals surface area contributed by atoms with Crippen molar-refractivity contribution in [3.8, 4) is 0 Å². The van der Waals surface area contributed by atoms with Crippen molar-refractivity contribution in [2.45, 2.75) is 19.3 Å².